The van der Waals surface area contributed by atoms with Crippen LogP contribution in [0.1, 0.15) is 11.1 Å². The number of nitrogens with zero attached hydrogens (tertiary/aromatic N) is 3. The van der Waals surface area contributed by atoms with E-state index in [-0.39, 0.29) is 4.90 Å². The van der Waals surface area contributed by atoms with Crippen LogP contribution in [0.4, 0.5) is 5.82 Å². The summed E-state index contributed by atoms with van der Waals surface area (Å²) in [7, 11) is -1.74. The van der Waals surface area contributed by atoms with E-state index in [1.165, 1.54) is 0 Å². The van der Waals surface area contributed by atoms with Crippen molar-refractivity contribution in [1.82, 2.24) is 10.2 Å². The summed E-state index contributed by atoms with van der Waals surface area (Å²) in [6, 6.07) is 19.4. The van der Waals surface area contributed by atoms with E-state index in [1.807, 2.05) is 12.1 Å². The lowest BCUT2D eigenvalue weighted by molar-refractivity contribution is 0.415. The number of ether oxygens (including phenoxy) is 1. The van der Waals surface area contributed by atoms with Gasteiger partial charge in [-0.3, -0.25) is 0 Å². The van der Waals surface area contributed by atoms with E-state index >= 15 is 0 Å². The average molecular weight is 479 g/mol. The third-order valence-electron chi connectivity index (χ3n) is 5.14. The highest BCUT2D eigenvalue weighted by molar-refractivity contribution is 7.90. The van der Waals surface area contributed by atoms with Gasteiger partial charge in [0.25, 0.3) is 0 Å². The molecule has 3 aromatic carbocycles. The molecule has 4 rings (SSSR count). The van der Waals surface area contributed by atoms with Gasteiger partial charge in [-0.15, -0.1) is 10.2 Å². The zero-order valence-electron chi connectivity index (χ0n) is 17.8. The molecule has 7 nitrogen and oxygen atoms in total. The van der Waals surface area contributed by atoms with Crippen LogP contribution in [0.5, 0.6) is 5.75 Å². The van der Waals surface area contributed by atoms with Crippen LogP contribution < -0.4 is 10.1 Å². The van der Waals surface area contributed by atoms with Gasteiger partial charge in [-0.2, -0.15) is 5.26 Å². The monoisotopic (exact) mass is 478 g/mol. The Kier molecular flexibility index (Phi) is 6.18. The lowest BCUT2D eigenvalue weighted by Crippen LogP contribution is -2.05. The van der Waals surface area contributed by atoms with Crippen LogP contribution in [0.3, 0.4) is 0 Å². The highest BCUT2D eigenvalue weighted by Crippen LogP contribution is 2.32. The van der Waals surface area contributed by atoms with E-state index in [4.69, 9.17) is 16.3 Å². The molecule has 0 aliphatic carbocycles. The van der Waals surface area contributed by atoms with Gasteiger partial charge in [0, 0.05) is 29.1 Å². The number of sulfone groups is 1. The average Bonchev–Trinajstić information content (AvgIpc) is 2.81. The first-order valence-corrected chi connectivity index (χ1v) is 12.1. The summed E-state index contributed by atoms with van der Waals surface area (Å²) in [6.07, 6.45) is 1.16. The number of rotatable bonds is 6. The third kappa shape index (κ3) is 4.75. The summed E-state index contributed by atoms with van der Waals surface area (Å²) >= 11 is 6.22. The van der Waals surface area contributed by atoms with Crippen molar-refractivity contribution in [3.8, 4) is 23.1 Å². The summed E-state index contributed by atoms with van der Waals surface area (Å²) in [6.45, 7) is 0.437. The maximum Gasteiger partial charge on any atom is 0.175 e. The Balaban J connectivity index is 1.73. The Morgan fingerprint density at radius 3 is 2.42 bits per heavy atom. The molecule has 0 aliphatic heterocycles. The number of hydrogen-bond donors (Lipinski definition) is 1. The molecule has 9 heteroatoms. The van der Waals surface area contributed by atoms with Gasteiger partial charge in [0.15, 0.2) is 15.7 Å². The molecule has 0 bridgehead atoms. The van der Waals surface area contributed by atoms with E-state index in [9.17, 15) is 13.7 Å². The van der Waals surface area contributed by atoms with E-state index < -0.39 is 9.84 Å². The van der Waals surface area contributed by atoms with Crippen LogP contribution in [0, 0.1) is 11.3 Å². The molecule has 33 heavy (non-hydrogen) atoms. The van der Waals surface area contributed by atoms with Crippen molar-refractivity contribution in [2.75, 3.05) is 18.7 Å². The van der Waals surface area contributed by atoms with Crippen molar-refractivity contribution in [3.63, 3.8) is 0 Å². The van der Waals surface area contributed by atoms with Crippen molar-refractivity contribution in [1.29, 1.82) is 5.26 Å². The second kappa shape index (κ2) is 9.06. The quantitative estimate of drug-likeness (QED) is 0.422. The second-order valence-corrected chi connectivity index (χ2v) is 9.81. The van der Waals surface area contributed by atoms with Gasteiger partial charge in [-0.25, -0.2) is 8.42 Å². The minimum absolute atomic E-state index is 0.228. The number of methoxy groups -OCH3 is 1. The van der Waals surface area contributed by atoms with Gasteiger partial charge in [0.2, 0.25) is 0 Å². The van der Waals surface area contributed by atoms with E-state index in [1.54, 1.807) is 55.6 Å². The number of nitriles is 1. The Bertz CT molecular complexity index is 1500. The van der Waals surface area contributed by atoms with Gasteiger partial charge < -0.3 is 10.1 Å². The molecule has 0 saturated heterocycles. The van der Waals surface area contributed by atoms with Gasteiger partial charge >= 0.3 is 0 Å². The summed E-state index contributed by atoms with van der Waals surface area (Å²) in [5, 5.41) is 23.4. The van der Waals surface area contributed by atoms with E-state index in [2.05, 4.69) is 21.6 Å². The molecule has 0 aliphatic rings. The summed E-state index contributed by atoms with van der Waals surface area (Å²) < 4.78 is 28.7. The minimum atomic E-state index is -3.30. The van der Waals surface area contributed by atoms with Crippen molar-refractivity contribution >= 4 is 38.0 Å². The van der Waals surface area contributed by atoms with Crippen LogP contribution in [-0.4, -0.2) is 32.0 Å². The number of hydrogen-bond acceptors (Lipinski definition) is 7. The highest BCUT2D eigenvalue weighted by atomic mass is 35.5. The van der Waals surface area contributed by atoms with E-state index in [0.717, 1.165) is 28.2 Å². The molecule has 0 radical (unpaired) electrons. The molecule has 0 spiro atoms. The number of benzene rings is 3. The van der Waals surface area contributed by atoms with Crippen LogP contribution in [0.2, 0.25) is 5.02 Å². The second-order valence-electron chi connectivity index (χ2n) is 7.39. The zero-order valence-corrected chi connectivity index (χ0v) is 19.4. The number of aromatic nitrogens is 2. The molecule has 166 valence electrons. The summed E-state index contributed by atoms with van der Waals surface area (Å²) in [5.41, 5.74) is 2.72. The molecule has 0 atom stereocenters. The molecule has 0 saturated carbocycles. The number of anilines is 1. The Hall–Kier alpha value is -3.67. The summed E-state index contributed by atoms with van der Waals surface area (Å²) in [5.74, 6) is 1.11. The number of halogens is 1. The molecule has 0 amide bonds. The fourth-order valence-corrected chi connectivity index (χ4v) is 4.34. The fourth-order valence-electron chi connectivity index (χ4n) is 3.43. The Morgan fingerprint density at radius 2 is 1.79 bits per heavy atom. The van der Waals surface area contributed by atoms with Gasteiger partial charge in [-0.05, 0) is 42.0 Å². The molecule has 1 aromatic heterocycles. The molecule has 0 unspecified atom stereocenters. The lowest BCUT2D eigenvalue weighted by Gasteiger charge is -2.12. The smallest absolute Gasteiger partial charge is 0.175 e. The predicted molar refractivity (Wildman–Crippen MR) is 128 cm³/mol. The Morgan fingerprint density at radius 1 is 1.03 bits per heavy atom. The Labute approximate surface area is 196 Å². The van der Waals surface area contributed by atoms with Crippen LogP contribution in [0.15, 0.2) is 65.6 Å². The first-order valence-electron chi connectivity index (χ1n) is 9.87. The van der Waals surface area contributed by atoms with Crippen molar-refractivity contribution < 1.29 is 13.2 Å². The number of nitrogens with one attached hydrogen (secondary N) is 1. The highest BCUT2D eigenvalue weighted by Gasteiger charge is 2.14. The minimum Gasteiger partial charge on any atom is -0.495 e. The van der Waals surface area contributed by atoms with Crippen molar-refractivity contribution in [2.24, 2.45) is 0 Å². The lowest BCUT2D eigenvalue weighted by atomic mass is 10.0. The van der Waals surface area contributed by atoms with Crippen molar-refractivity contribution in [2.45, 2.75) is 11.4 Å². The normalized spacial score (nSPS) is 11.2. The van der Waals surface area contributed by atoms with Gasteiger partial charge in [0.05, 0.1) is 28.7 Å². The molecular formula is C24H19ClN4O3S. The molecule has 4 aromatic rings. The van der Waals surface area contributed by atoms with E-state index in [0.29, 0.717) is 34.4 Å². The number of fused-ring (bicyclic) bond motifs is 1. The first-order chi connectivity index (χ1) is 15.8. The SMILES string of the molecule is COc1ccc(CNc2nnc(-c3ccc(S(C)(=O)=O)cc3)c3ccc(C#N)cc23)cc1Cl. The first kappa shape index (κ1) is 22.5. The standard InChI is InChI=1S/C24H19ClN4O3S/c1-32-22-10-4-16(12-21(22)25)14-27-24-20-11-15(13-26)3-9-19(20)23(28-29-24)17-5-7-18(8-6-17)33(2,30)31/h3-12H,14H2,1-2H3,(H,27,29). The zero-order chi connectivity index (χ0) is 23.6. The van der Waals surface area contributed by atoms with Crippen LogP contribution in [-0.2, 0) is 16.4 Å². The maximum atomic E-state index is 11.8. The largest absolute Gasteiger partial charge is 0.495 e. The molecule has 1 heterocycles. The van der Waals surface area contributed by atoms with Gasteiger partial charge in [0.1, 0.15) is 11.4 Å². The van der Waals surface area contributed by atoms with Crippen LogP contribution in [0.25, 0.3) is 22.0 Å². The summed E-state index contributed by atoms with van der Waals surface area (Å²) in [4.78, 5) is 0.228. The topological polar surface area (TPSA) is 105 Å². The third-order valence-corrected chi connectivity index (χ3v) is 6.56. The molecule has 1 N–H and O–H groups in total. The molecular weight excluding hydrogens is 460 g/mol. The van der Waals surface area contributed by atoms with Crippen molar-refractivity contribution in [3.05, 3.63) is 76.8 Å². The van der Waals surface area contributed by atoms with Crippen LogP contribution >= 0.6 is 11.6 Å². The fraction of sp³-hybridized carbons (Fsp3) is 0.125. The van der Waals surface area contributed by atoms with Gasteiger partial charge in [-0.1, -0.05) is 35.9 Å². The maximum absolute atomic E-state index is 11.8. The predicted octanol–water partition coefficient (Wildman–Crippen LogP) is 4.85. The molecule has 0 fully saturated rings.